The third-order valence-corrected chi connectivity index (χ3v) is 4.16. The van der Waals surface area contributed by atoms with Gasteiger partial charge in [0.15, 0.2) is 0 Å². The Morgan fingerprint density at radius 3 is 2.05 bits per heavy atom. The lowest BCUT2D eigenvalue weighted by atomic mass is 9.78. The second kappa shape index (κ2) is 11.1. The molecule has 2 nitrogen and oxygen atoms in total. The molecule has 0 spiro atoms. The number of hydrogen-bond acceptors (Lipinski definition) is 1. The molecule has 1 N–H and O–H groups in total. The number of aliphatic carboxylic acids is 1. The van der Waals surface area contributed by atoms with Crippen LogP contribution in [0.1, 0.15) is 70.8 Å². The van der Waals surface area contributed by atoms with Gasteiger partial charge < -0.3 is 5.11 Å². The molecule has 0 aliphatic heterocycles. The minimum absolute atomic E-state index is 0. The molecule has 0 saturated carbocycles. The number of benzene rings is 1. The van der Waals surface area contributed by atoms with Crippen molar-refractivity contribution in [2.24, 2.45) is 0 Å². The topological polar surface area (TPSA) is 37.3 Å². The van der Waals surface area contributed by atoms with Gasteiger partial charge >= 0.3 is 29.0 Å². The van der Waals surface area contributed by atoms with E-state index in [-0.39, 0.29) is 23.1 Å². The Bertz CT molecular complexity index is 391. The fourth-order valence-electron chi connectivity index (χ4n) is 2.62. The monoisotopic (exact) mass is 302 g/mol. The van der Waals surface area contributed by atoms with Crippen LogP contribution in [0.5, 0.6) is 0 Å². The zero-order chi connectivity index (χ0) is 14.8. The Labute approximate surface area is 145 Å². The van der Waals surface area contributed by atoms with E-state index in [1.807, 2.05) is 37.3 Å². The molecule has 0 aromatic heterocycles. The number of unbranched alkanes of at least 4 members (excludes halogenated alkanes) is 6. The van der Waals surface area contributed by atoms with E-state index >= 15 is 0 Å². The second-order valence-corrected chi connectivity index (χ2v) is 5.87. The molecule has 0 amide bonds. The van der Waals surface area contributed by atoms with Gasteiger partial charge in [-0.2, -0.15) is 0 Å². The van der Waals surface area contributed by atoms with E-state index in [2.05, 4.69) is 6.92 Å². The molecule has 1 aromatic carbocycles. The molecule has 0 bridgehead atoms. The van der Waals surface area contributed by atoms with Crippen LogP contribution in [-0.4, -0.2) is 34.1 Å². The largest absolute Gasteiger partial charge is 0.481 e. The smallest absolute Gasteiger partial charge is 0.316 e. The van der Waals surface area contributed by atoms with Crippen LogP contribution in [0.25, 0.3) is 0 Å². The van der Waals surface area contributed by atoms with E-state index < -0.39 is 11.4 Å². The first kappa shape index (κ1) is 20.5. The molecular formula is C18H30MgO2. The van der Waals surface area contributed by atoms with E-state index in [1.165, 1.54) is 32.1 Å². The molecule has 0 radical (unpaired) electrons. The van der Waals surface area contributed by atoms with E-state index in [4.69, 9.17) is 0 Å². The van der Waals surface area contributed by atoms with Gasteiger partial charge in [-0.3, -0.25) is 4.79 Å². The summed E-state index contributed by atoms with van der Waals surface area (Å²) in [5, 5.41) is 9.56. The molecule has 1 aromatic rings. The summed E-state index contributed by atoms with van der Waals surface area (Å²) in [5.41, 5.74) is 0.170. The summed E-state index contributed by atoms with van der Waals surface area (Å²) in [4.78, 5) is 11.6. The predicted octanol–water partition coefficient (Wildman–Crippen LogP) is 4.25. The van der Waals surface area contributed by atoms with Crippen LogP contribution in [0.2, 0.25) is 0 Å². The highest BCUT2D eigenvalue weighted by Crippen LogP contribution is 2.30. The Morgan fingerprint density at radius 2 is 1.52 bits per heavy atom. The SMILES string of the molecule is CCCCCCCCCC(C)(C(=O)O)c1ccccc1.[MgH2]. The van der Waals surface area contributed by atoms with Crippen molar-refractivity contribution >= 4 is 29.0 Å². The molecule has 0 saturated heterocycles. The van der Waals surface area contributed by atoms with Crippen molar-refractivity contribution in [3.63, 3.8) is 0 Å². The zero-order valence-electron chi connectivity index (χ0n) is 12.9. The summed E-state index contributed by atoms with van der Waals surface area (Å²) in [5.74, 6) is -0.713. The average molecular weight is 303 g/mol. The highest BCUT2D eigenvalue weighted by Gasteiger charge is 2.34. The lowest BCUT2D eigenvalue weighted by molar-refractivity contribution is -0.143. The van der Waals surface area contributed by atoms with Crippen LogP contribution >= 0.6 is 0 Å². The maximum Gasteiger partial charge on any atom is 0.316 e. The molecule has 0 heterocycles. The van der Waals surface area contributed by atoms with Crippen molar-refractivity contribution in [3.05, 3.63) is 35.9 Å². The molecule has 116 valence electrons. The summed E-state index contributed by atoms with van der Waals surface area (Å²) >= 11 is 0. The molecule has 0 aliphatic carbocycles. The molecule has 1 unspecified atom stereocenters. The summed E-state index contributed by atoms with van der Waals surface area (Å²) < 4.78 is 0. The summed E-state index contributed by atoms with van der Waals surface area (Å²) in [7, 11) is 0. The van der Waals surface area contributed by atoms with Gasteiger partial charge in [-0.05, 0) is 18.9 Å². The van der Waals surface area contributed by atoms with Crippen molar-refractivity contribution in [1.29, 1.82) is 0 Å². The first-order chi connectivity index (χ1) is 9.61. The van der Waals surface area contributed by atoms with Crippen LogP contribution in [0.15, 0.2) is 30.3 Å². The van der Waals surface area contributed by atoms with Crippen molar-refractivity contribution in [2.45, 2.75) is 70.6 Å². The van der Waals surface area contributed by atoms with Gasteiger partial charge in [0, 0.05) is 0 Å². The molecule has 21 heavy (non-hydrogen) atoms. The van der Waals surface area contributed by atoms with Gasteiger partial charge in [0.05, 0.1) is 5.41 Å². The minimum atomic E-state index is -0.745. The lowest BCUT2D eigenvalue weighted by Gasteiger charge is -2.25. The van der Waals surface area contributed by atoms with Crippen molar-refractivity contribution in [3.8, 4) is 0 Å². The van der Waals surface area contributed by atoms with Gasteiger partial charge in [0.2, 0.25) is 0 Å². The first-order valence-corrected chi connectivity index (χ1v) is 7.90. The van der Waals surface area contributed by atoms with Crippen LogP contribution in [-0.2, 0) is 10.2 Å². The van der Waals surface area contributed by atoms with Gasteiger partial charge in [0.1, 0.15) is 0 Å². The average Bonchev–Trinajstić information content (AvgIpc) is 2.46. The Morgan fingerprint density at radius 1 is 1.00 bits per heavy atom. The molecular weight excluding hydrogens is 273 g/mol. The van der Waals surface area contributed by atoms with Crippen LogP contribution in [0.3, 0.4) is 0 Å². The fourth-order valence-corrected chi connectivity index (χ4v) is 2.62. The number of carboxylic acid groups (broad SMARTS) is 1. The zero-order valence-corrected chi connectivity index (χ0v) is 12.9. The fraction of sp³-hybridized carbons (Fsp3) is 0.611. The summed E-state index contributed by atoms with van der Waals surface area (Å²) in [6, 6.07) is 9.62. The van der Waals surface area contributed by atoms with Crippen LogP contribution in [0.4, 0.5) is 0 Å². The van der Waals surface area contributed by atoms with Gasteiger partial charge in [-0.25, -0.2) is 0 Å². The third-order valence-electron chi connectivity index (χ3n) is 4.16. The highest BCUT2D eigenvalue weighted by atomic mass is 24.3. The molecule has 0 fully saturated rings. The quantitative estimate of drug-likeness (QED) is 0.518. The molecule has 0 aliphatic rings. The normalized spacial score (nSPS) is 13.2. The summed E-state index contributed by atoms with van der Waals surface area (Å²) in [6.45, 7) is 4.07. The van der Waals surface area contributed by atoms with Gasteiger partial charge in [0.25, 0.3) is 0 Å². The first-order valence-electron chi connectivity index (χ1n) is 7.90. The maximum atomic E-state index is 11.6. The molecule has 1 rings (SSSR count). The van der Waals surface area contributed by atoms with Crippen LogP contribution in [0, 0.1) is 0 Å². The van der Waals surface area contributed by atoms with E-state index in [0.29, 0.717) is 0 Å². The Kier molecular flexibility index (Phi) is 10.8. The van der Waals surface area contributed by atoms with Crippen molar-refractivity contribution < 1.29 is 9.90 Å². The van der Waals surface area contributed by atoms with E-state index in [1.54, 1.807) is 0 Å². The molecule has 1 atom stereocenters. The van der Waals surface area contributed by atoms with Crippen molar-refractivity contribution in [2.75, 3.05) is 0 Å². The van der Waals surface area contributed by atoms with Crippen molar-refractivity contribution in [1.82, 2.24) is 0 Å². The number of carboxylic acids is 1. The lowest BCUT2D eigenvalue weighted by Crippen LogP contribution is -2.32. The standard InChI is InChI=1S/C18H28O2.Mg.2H/c1-3-4-5-6-7-8-12-15-18(2,17(19)20)16-13-10-9-11-14-16;;;/h9-11,13-14H,3-8,12,15H2,1-2H3,(H,19,20);;;. The van der Waals surface area contributed by atoms with E-state index in [9.17, 15) is 9.90 Å². The minimum Gasteiger partial charge on any atom is -0.481 e. The second-order valence-electron chi connectivity index (χ2n) is 5.87. The number of hydrogen-bond donors (Lipinski definition) is 1. The molecule has 3 heteroatoms. The Hall–Kier alpha value is -0.544. The highest BCUT2D eigenvalue weighted by molar-refractivity contribution is 5.80. The van der Waals surface area contributed by atoms with Gasteiger partial charge in [-0.1, -0.05) is 82.2 Å². The predicted molar refractivity (Wildman–Crippen MR) is 92.6 cm³/mol. The number of rotatable bonds is 10. The van der Waals surface area contributed by atoms with Crippen LogP contribution < -0.4 is 0 Å². The van der Waals surface area contributed by atoms with Gasteiger partial charge in [-0.15, -0.1) is 0 Å². The Balaban J connectivity index is 0.00000400. The summed E-state index contributed by atoms with van der Waals surface area (Å²) in [6.07, 6.45) is 9.25. The maximum absolute atomic E-state index is 11.6. The third kappa shape index (κ3) is 6.83. The van der Waals surface area contributed by atoms with E-state index in [0.717, 1.165) is 24.8 Å². The number of carbonyl (C=O) groups is 1.